The number of benzene rings is 15. The summed E-state index contributed by atoms with van der Waals surface area (Å²) in [5.74, 6) is 0. The second-order valence-electron chi connectivity index (χ2n) is 22.6. The fourth-order valence-corrected chi connectivity index (χ4v) is 13.2. The van der Waals surface area contributed by atoms with Gasteiger partial charge in [0.25, 0.3) is 0 Å². The predicted octanol–water partition coefficient (Wildman–Crippen LogP) is 23.7. The molecule has 2 heteroatoms. The van der Waals surface area contributed by atoms with Gasteiger partial charge in [-0.1, -0.05) is 281 Å². The van der Waals surface area contributed by atoms with Gasteiger partial charge in [0.05, 0.1) is 13.7 Å². The van der Waals surface area contributed by atoms with Crippen molar-refractivity contribution in [2.45, 2.75) is 26.2 Å². The van der Waals surface area contributed by atoms with Gasteiger partial charge in [0.2, 0.25) is 0 Å². The first-order chi connectivity index (χ1) is 45.5. The van der Waals surface area contributed by atoms with E-state index < -0.39 is 12.1 Å². The fraction of sp³-hybridized carbons (Fsp3) is 0.0488. The largest absolute Gasteiger partial charge is 0.456 e. The highest BCUT2D eigenvalue weighted by Gasteiger charge is 2.24. The summed E-state index contributed by atoms with van der Waals surface area (Å²) >= 11 is 0. The minimum absolute atomic E-state index is 0.0676. The molecule has 2 heterocycles. The molecule has 84 heavy (non-hydrogen) atoms. The van der Waals surface area contributed by atoms with Crippen molar-refractivity contribution in [2.75, 3.05) is 0 Å². The Balaban J connectivity index is 0.000000152. The lowest BCUT2D eigenvalue weighted by atomic mass is 9.85. The monoisotopic (exact) mass is 1080 g/mol. The van der Waals surface area contributed by atoms with Crippen LogP contribution in [0.3, 0.4) is 0 Å². The molecule has 0 radical (unpaired) electrons. The third-order valence-electron chi connectivity index (χ3n) is 16.8. The number of rotatable bonds is 5. The molecule has 2 nitrogen and oxygen atoms in total. The maximum absolute atomic E-state index is 8.87. The second-order valence-corrected chi connectivity index (χ2v) is 22.6. The summed E-state index contributed by atoms with van der Waals surface area (Å²) in [6, 6.07) is 73.4. The number of furan rings is 2. The first-order valence-electron chi connectivity index (χ1n) is 33.3. The third-order valence-corrected chi connectivity index (χ3v) is 16.8. The summed E-state index contributed by atoms with van der Waals surface area (Å²) in [5.41, 5.74) is 12.4. The van der Waals surface area contributed by atoms with Crippen LogP contribution in [0.5, 0.6) is 0 Å². The molecule has 0 unspecified atom stereocenters. The summed E-state index contributed by atoms with van der Waals surface area (Å²) in [4.78, 5) is 0. The predicted molar refractivity (Wildman–Crippen MR) is 358 cm³/mol. The van der Waals surface area contributed by atoms with E-state index in [4.69, 9.17) is 22.5 Å². The molecule has 0 spiro atoms. The van der Waals surface area contributed by atoms with Crippen LogP contribution in [0.2, 0.25) is 0 Å². The zero-order chi connectivity index (χ0) is 64.7. The van der Waals surface area contributed by atoms with E-state index in [0.29, 0.717) is 11.1 Å². The quantitative estimate of drug-likeness (QED) is 0.127. The van der Waals surface area contributed by atoms with E-state index in [-0.39, 0.29) is 64.9 Å². The van der Waals surface area contributed by atoms with Crippen LogP contribution in [0, 0.1) is 0 Å². The Morgan fingerprint density at radius 1 is 0.286 bits per heavy atom. The highest BCUT2D eigenvalue weighted by atomic mass is 16.3. The normalized spacial score (nSPS) is 13.7. The summed E-state index contributed by atoms with van der Waals surface area (Å²) in [6.45, 7) is 6.57. The lowest BCUT2D eigenvalue weighted by Crippen LogP contribution is -2.10. The van der Waals surface area contributed by atoms with E-state index in [9.17, 15) is 0 Å². The summed E-state index contributed by atoms with van der Waals surface area (Å²) in [5, 5.41) is 16.0. The molecule has 2 aromatic heterocycles. The van der Waals surface area contributed by atoms with Gasteiger partial charge in [-0.25, -0.2) is 0 Å². The molecule has 0 saturated heterocycles. The zero-order valence-corrected chi connectivity index (χ0v) is 46.2. The zero-order valence-electron chi connectivity index (χ0n) is 56.2. The van der Waals surface area contributed by atoms with Gasteiger partial charge in [0, 0.05) is 32.7 Å². The molecular formula is C82H56O2. The van der Waals surface area contributed by atoms with Gasteiger partial charge in [-0.2, -0.15) is 0 Å². The van der Waals surface area contributed by atoms with E-state index >= 15 is 0 Å². The molecule has 0 N–H and O–H groups in total. The van der Waals surface area contributed by atoms with E-state index in [2.05, 4.69) is 148 Å². The molecule has 0 atom stereocenters. The molecule has 0 aliphatic rings. The summed E-state index contributed by atoms with van der Waals surface area (Å²) in [7, 11) is 0. The number of hydrogen-bond donors (Lipinski definition) is 0. The molecule has 15 aromatic carbocycles. The molecule has 396 valence electrons. The van der Waals surface area contributed by atoms with Crippen molar-refractivity contribution in [1.29, 1.82) is 0 Å². The highest BCUT2D eigenvalue weighted by Crippen LogP contribution is 2.48. The topological polar surface area (TPSA) is 26.3 Å². The van der Waals surface area contributed by atoms with Crippen molar-refractivity contribution in [2.24, 2.45) is 0 Å². The number of hydrogen-bond acceptors (Lipinski definition) is 2. The standard InChI is InChI=1S/C46H28O.C36H28O/c1-2-13-30(14-3-1)44-34-17-6-8-19-36(34)45(37-20-9-7-18-35(37)44)32-26-27-42-41(28-32)40-23-11-22-39(46(40)47-42)38-21-10-15-31-25-24-29-12-4-5-16-33(29)43(31)38;1-36(2,3)31-19-11-18-29-30-22-24(20-21-32(30)37-35(29)31)34-27-16-9-7-14-25(27)33(23-12-5-4-6-13-23)26-15-8-10-17-28(26)34/h1-28H;4-22H,1-3H3/i1D,2D,3D,13D,14D;4D,5D,6D,12D,13D. The van der Waals surface area contributed by atoms with Crippen LogP contribution in [0.25, 0.3) is 164 Å². The van der Waals surface area contributed by atoms with Crippen LogP contribution in [-0.4, -0.2) is 0 Å². The summed E-state index contributed by atoms with van der Waals surface area (Å²) < 4.78 is 98.3. The van der Waals surface area contributed by atoms with Crippen molar-refractivity contribution in [3.8, 4) is 55.6 Å². The van der Waals surface area contributed by atoms with Crippen LogP contribution in [0.1, 0.15) is 40.0 Å². The molecule has 0 aliphatic heterocycles. The first-order valence-corrected chi connectivity index (χ1v) is 28.3. The Labute approximate surface area is 501 Å². The van der Waals surface area contributed by atoms with Gasteiger partial charge in [-0.3, -0.25) is 0 Å². The number of para-hydroxylation sites is 2. The van der Waals surface area contributed by atoms with Crippen molar-refractivity contribution in [1.82, 2.24) is 0 Å². The van der Waals surface area contributed by atoms with Crippen LogP contribution in [-0.2, 0) is 5.41 Å². The minimum atomic E-state index is -0.401. The highest BCUT2D eigenvalue weighted by molar-refractivity contribution is 6.25. The third kappa shape index (κ3) is 7.93. The first kappa shape index (κ1) is 39.8. The fourth-order valence-electron chi connectivity index (χ4n) is 13.2. The molecule has 0 fully saturated rings. The van der Waals surface area contributed by atoms with Gasteiger partial charge in [-0.05, 0) is 144 Å². The maximum atomic E-state index is 8.87. The van der Waals surface area contributed by atoms with Gasteiger partial charge in [0.15, 0.2) is 0 Å². The molecule has 0 aliphatic carbocycles. The molecule has 0 amide bonds. The van der Waals surface area contributed by atoms with Gasteiger partial charge in [-0.15, -0.1) is 0 Å². The number of fused-ring (bicyclic) bond motifs is 13. The van der Waals surface area contributed by atoms with E-state index in [1.807, 2.05) is 97.1 Å². The van der Waals surface area contributed by atoms with Gasteiger partial charge < -0.3 is 8.83 Å². The molecular weight excluding hydrogens is 1020 g/mol. The van der Waals surface area contributed by atoms with E-state index in [1.165, 1.54) is 21.5 Å². The smallest absolute Gasteiger partial charge is 0.143 e. The van der Waals surface area contributed by atoms with Crippen molar-refractivity contribution in [3.63, 3.8) is 0 Å². The Bertz CT molecular complexity index is 5940. The van der Waals surface area contributed by atoms with Crippen molar-refractivity contribution in [3.05, 3.63) is 290 Å². The minimum Gasteiger partial charge on any atom is -0.456 e. The average Bonchev–Trinajstić information content (AvgIpc) is 0.940. The molecule has 17 rings (SSSR count). The average molecular weight is 1080 g/mol. The summed E-state index contributed by atoms with van der Waals surface area (Å²) in [6.07, 6.45) is 0. The van der Waals surface area contributed by atoms with Crippen LogP contribution in [0.4, 0.5) is 0 Å². The maximum Gasteiger partial charge on any atom is 0.143 e. The van der Waals surface area contributed by atoms with Crippen LogP contribution >= 0.6 is 0 Å². The molecule has 0 bridgehead atoms. The molecule has 17 aromatic rings. The van der Waals surface area contributed by atoms with E-state index in [0.717, 1.165) is 126 Å². The van der Waals surface area contributed by atoms with Crippen molar-refractivity contribution < 1.29 is 22.5 Å². The van der Waals surface area contributed by atoms with Crippen molar-refractivity contribution >= 4 is 109 Å². The molecule has 0 saturated carbocycles. The van der Waals surface area contributed by atoms with E-state index in [1.54, 1.807) is 0 Å². The second kappa shape index (κ2) is 19.6. The SMILES string of the molecule is [2H]c1c([2H])c([2H])c(-c2c3ccccc3c(-c3ccc4oc5c(-c6cccc7ccc8ccccc8c67)cccc5c4c3)c3ccccc23)c([2H])c1[2H].[2H]c1c([2H])c([2H])c(-c2c3ccccc3c(-c3ccc4oc5c(C(C)(C)C)cccc5c4c3)c3ccccc23)c([2H])c1[2H]. The van der Waals surface area contributed by atoms with Crippen LogP contribution < -0.4 is 0 Å². The van der Waals surface area contributed by atoms with Gasteiger partial charge in [0.1, 0.15) is 22.3 Å². The lowest BCUT2D eigenvalue weighted by molar-refractivity contribution is 0.573. The Morgan fingerprint density at radius 2 is 0.655 bits per heavy atom. The Hall–Kier alpha value is -10.5. The van der Waals surface area contributed by atoms with Gasteiger partial charge >= 0.3 is 0 Å². The lowest BCUT2D eigenvalue weighted by Gasteiger charge is -2.18. The Morgan fingerprint density at radius 3 is 1.14 bits per heavy atom. The Kier molecular flexibility index (Phi) is 9.28. The van der Waals surface area contributed by atoms with Crippen LogP contribution in [0.15, 0.2) is 294 Å².